The van der Waals surface area contributed by atoms with Gasteiger partial charge in [0, 0.05) is 28.3 Å². The molecule has 2 nitrogen and oxygen atoms in total. The average molecular weight is 289 g/mol. The quantitative estimate of drug-likeness (QED) is 0.843. The zero-order valence-corrected chi connectivity index (χ0v) is 13.1. The lowest BCUT2D eigenvalue weighted by atomic mass is 10.0. The van der Waals surface area contributed by atoms with E-state index in [0.29, 0.717) is 5.75 Å². The van der Waals surface area contributed by atoms with Crippen LogP contribution in [0.5, 0.6) is 0 Å². The lowest BCUT2D eigenvalue weighted by Crippen LogP contribution is -2.26. The van der Waals surface area contributed by atoms with Gasteiger partial charge in [0.2, 0.25) is 0 Å². The first kappa shape index (κ1) is 15.2. The summed E-state index contributed by atoms with van der Waals surface area (Å²) in [6.07, 6.45) is 0.975. The highest BCUT2D eigenvalue weighted by Crippen LogP contribution is 2.21. The maximum atomic E-state index is 12.0. The monoisotopic (exact) mass is 289 g/mol. The largest absolute Gasteiger partial charge is 0.309 e. The van der Waals surface area contributed by atoms with Crippen molar-refractivity contribution in [1.29, 1.82) is 0 Å². The van der Waals surface area contributed by atoms with E-state index in [9.17, 15) is 4.21 Å². The molecule has 0 heterocycles. The minimum absolute atomic E-state index is 0.178. The van der Waals surface area contributed by atoms with Gasteiger partial charge in [-0.1, -0.05) is 50.2 Å². The van der Waals surface area contributed by atoms with Crippen molar-refractivity contribution in [2.24, 2.45) is 0 Å². The molecule has 0 aromatic heterocycles. The second-order valence-electron chi connectivity index (χ2n) is 5.03. The molecule has 0 fully saturated rings. The van der Waals surface area contributed by atoms with Gasteiger partial charge in [-0.2, -0.15) is 0 Å². The normalized spacial score (nSPS) is 14.3. The summed E-state index contributed by atoms with van der Waals surface area (Å²) < 4.78 is 12.0. The molecule has 0 saturated carbocycles. The second kappa shape index (κ2) is 7.55. The van der Waals surface area contributed by atoms with Crippen molar-refractivity contribution in [2.45, 2.75) is 26.3 Å². The minimum Gasteiger partial charge on any atom is -0.309 e. The molecule has 2 aromatic carbocycles. The highest BCUT2D eigenvalue weighted by atomic mass is 32.2. The molecule has 0 aliphatic carbocycles. The zero-order valence-electron chi connectivity index (χ0n) is 12.3. The van der Waals surface area contributed by atoms with Crippen molar-refractivity contribution in [2.75, 3.05) is 18.1 Å². The van der Waals surface area contributed by atoms with Crippen molar-refractivity contribution in [1.82, 2.24) is 5.32 Å². The lowest BCUT2D eigenvalue weighted by molar-refractivity contribution is 0.594. The summed E-state index contributed by atoms with van der Waals surface area (Å²) in [5, 5.41) is 5.96. The van der Waals surface area contributed by atoms with Crippen LogP contribution in [0.1, 0.15) is 31.9 Å². The van der Waals surface area contributed by atoms with Gasteiger partial charge in [0.1, 0.15) is 0 Å². The molecule has 2 unspecified atom stereocenters. The number of benzene rings is 2. The second-order valence-corrected chi connectivity index (χ2v) is 6.65. The number of nitrogens with one attached hydrogen (secondary N) is 1. The van der Waals surface area contributed by atoms with Crippen molar-refractivity contribution >= 4 is 21.6 Å². The third-order valence-corrected chi connectivity index (χ3v) is 4.98. The highest BCUT2D eigenvalue weighted by Gasteiger charge is 2.14. The fourth-order valence-corrected chi connectivity index (χ4v) is 3.74. The molecule has 0 amide bonds. The molecule has 0 saturated heterocycles. The third kappa shape index (κ3) is 3.90. The Balaban J connectivity index is 2.23. The van der Waals surface area contributed by atoms with Crippen LogP contribution < -0.4 is 5.32 Å². The van der Waals surface area contributed by atoms with Crippen molar-refractivity contribution in [3.8, 4) is 0 Å². The predicted octanol–water partition coefficient (Wildman–Crippen LogP) is 3.65. The van der Waals surface area contributed by atoms with Crippen LogP contribution in [0.15, 0.2) is 42.5 Å². The molecule has 2 rings (SSSR count). The summed E-state index contributed by atoms with van der Waals surface area (Å²) in [7, 11) is -0.748. The van der Waals surface area contributed by atoms with Crippen LogP contribution in [0.4, 0.5) is 0 Å². The minimum atomic E-state index is -0.748. The van der Waals surface area contributed by atoms with Crippen LogP contribution in [0, 0.1) is 0 Å². The van der Waals surface area contributed by atoms with Gasteiger partial charge in [-0.25, -0.2) is 0 Å². The molecule has 0 radical (unpaired) electrons. The van der Waals surface area contributed by atoms with Gasteiger partial charge in [0.25, 0.3) is 0 Å². The highest BCUT2D eigenvalue weighted by molar-refractivity contribution is 7.85. The molecule has 1 N–H and O–H groups in total. The molecule has 2 atom stereocenters. The molecule has 20 heavy (non-hydrogen) atoms. The Kier molecular flexibility index (Phi) is 5.74. The van der Waals surface area contributed by atoms with Gasteiger partial charge < -0.3 is 5.32 Å². The average Bonchev–Trinajstić information content (AvgIpc) is 2.46. The zero-order chi connectivity index (χ0) is 14.4. The van der Waals surface area contributed by atoms with Crippen LogP contribution in [0.2, 0.25) is 0 Å². The van der Waals surface area contributed by atoms with Gasteiger partial charge >= 0.3 is 0 Å². The SMILES string of the molecule is CCCS(=O)CC(NCC)c1ccc2ccccc2c1. The fourth-order valence-electron chi connectivity index (χ4n) is 2.44. The molecule has 0 aliphatic heterocycles. The Bertz CT molecular complexity index is 582. The van der Waals surface area contributed by atoms with E-state index in [4.69, 9.17) is 0 Å². The molecule has 0 aliphatic rings. The summed E-state index contributed by atoms with van der Waals surface area (Å²) in [4.78, 5) is 0. The molecule has 2 aromatic rings. The van der Waals surface area contributed by atoms with E-state index < -0.39 is 10.8 Å². The summed E-state index contributed by atoms with van der Waals surface area (Å²) in [5.41, 5.74) is 1.23. The van der Waals surface area contributed by atoms with Gasteiger partial charge in [-0.15, -0.1) is 0 Å². The molecule has 0 spiro atoms. The third-order valence-electron chi connectivity index (χ3n) is 3.41. The maximum absolute atomic E-state index is 12.0. The first-order chi connectivity index (χ1) is 9.74. The van der Waals surface area contributed by atoms with E-state index in [1.54, 1.807) is 0 Å². The van der Waals surface area contributed by atoms with Crippen LogP contribution in [0.25, 0.3) is 10.8 Å². The fraction of sp³-hybridized carbons (Fsp3) is 0.412. The number of rotatable bonds is 7. The van der Waals surface area contributed by atoms with Crippen molar-refractivity contribution in [3.05, 3.63) is 48.0 Å². The van der Waals surface area contributed by atoms with Gasteiger partial charge in [0.05, 0.1) is 0 Å². The maximum Gasteiger partial charge on any atom is 0.0436 e. The van der Waals surface area contributed by atoms with Crippen LogP contribution in [-0.4, -0.2) is 22.3 Å². The molecule has 108 valence electrons. The number of fused-ring (bicyclic) bond motifs is 1. The van der Waals surface area contributed by atoms with E-state index >= 15 is 0 Å². The number of hydrogen-bond acceptors (Lipinski definition) is 2. The van der Waals surface area contributed by atoms with E-state index in [-0.39, 0.29) is 6.04 Å². The van der Waals surface area contributed by atoms with Gasteiger partial charge in [0.15, 0.2) is 0 Å². The smallest absolute Gasteiger partial charge is 0.0436 e. The van der Waals surface area contributed by atoms with Crippen molar-refractivity contribution in [3.63, 3.8) is 0 Å². The van der Waals surface area contributed by atoms with Crippen molar-refractivity contribution < 1.29 is 4.21 Å². The van der Waals surface area contributed by atoms with E-state index in [2.05, 4.69) is 61.6 Å². The van der Waals surface area contributed by atoms with E-state index in [1.165, 1.54) is 16.3 Å². The summed E-state index contributed by atoms with van der Waals surface area (Å²) in [6, 6.07) is 15.1. The first-order valence-corrected chi connectivity index (χ1v) is 8.80. The summed E-state index contributed by atoms with van der Waals surface area (Å²) in [5.74, 6) is 1.48. The molecular weight excluding hydrogens is 266 g/mol. The lowest BCUT2D eigenvalue weighted by Gasteiger charge is -2.18. The summed E-state index contributed by atoms with van der Waals surface area (Å²) in [6.45, 7) is 5.06. The Morgan fingerprint density at radius 3 is 2.55 bits per heavy atom. The van der Waals surface area contributed by atoms with Gasteiger partial charge in [-0.05, 0) is 35.4 Å². The van der Waals surface area contributed by atoms with Crippen LogP contribution in [-0.2, 0) is 10.8 Å². The Labute approximate surface area is 124 Å². The predicted molar refractivity (Wildman–Crippen MR) is 88.5 cm³/mol. The van der Waals surface area contributed by atoms with Gasteiger partial charge in [-0.3, -0.25) is 4.21 Å². The first-order valence-electron chi connectivity index (χ1n) is 7.31. The van der Waals surface area contributed by atoms with Crippen LogP contribution in [0.3, 0.4) is 0 Å². The van der Waals surface area contributed by atoms with Crippen LogP contribution >= 0.6 is 0 Å². The molecule has 3 heteroatoms. The molecule has 0 bridgehead atoms. The van der Waals surface area contributed by atoms with E-state index in [1.807, 2.05) is 0 Å². The molecular formula is C17H23NOS. The topological polar surface area (TPSA) is 29.1 Å². The Hall–Kier alpha value is -1.19. The Morgan fingerprint density at radius 1 is 1.10 bits per heavy atom. The van der Waals surface area contributed by atoms with E-state index in [0.717, 1.165) is 18.7 Å². The number of hydrogen-bond donors (Lipinski definition) is 1. The summed E-state index contributed by atoms with van der Waals surface area (Å²) >= 11 is 0. The standard InChI is InChI=1S/C17H23NOS/c1-3-11-20(19)13-17(18-4-2)16-10-9-14-7-5-6-8-15(14)12-16/h5-10,12,17-18H,3-4,11,13H2,1-2H3. The Morgan fingerprint density at radius 2 is 1.85 bits per heavy atom.